The van der Waals surface area contributed by atoms with E-state index in [0.717, 1.165) is 23.2 Å². The van der Waals surface area contributed by atoms with Crippen molar-refractivity contribution in [2.24, 2.45) is 0 Å². The van der Waals surface area contributed by atoms with Crippen LogP contribution in [0.2, 0.25) is 0 Å². The number of nitriles is 1. The van der Waals surface area contributed by atoms with E-state index in [1.165, 1.54) is 0 Å². The van der Waals surface area contributed by atoms with E-state index in [9.17, 15) is 9.59 Å². The number of benzene rings is 2. The molecule has 0 fully saturated rings. The second kappa shape index (κ2) is 6.55. The van der Waals surface area contributed by atoms with Crippen molar-refractivity contribution in [3.8, 4) is 6.07 Å². The molecule has 0 saturated carbocycles. The van der Waals surface area contributed by atoms with Gasteiger partial charge < -0.3 is 10.2 Å². The van der Waals surface area contributed by atoms with E-state index < -0.39 is 0 Å². The summed E-state index contributed by atoms with van der Waals surface area (Å²) >= 11 is 0. The van der Waals surface area contributed by atoms with Gasteiger partial charge in [0.05, 0.1) is 12.5 Å². The third-order valence-corrected chi connectivity index (χ3v) is 4.11. The maximum atomic E-state index is 12.4. The number of hydrogen-bond acceptors (Lipinski definition) is 3. The molecule has 0 aromatic heterocycles. The molecule has 0 unspecified atom stereocenters. The van der Waals surface area contributed by atoms with Crippen molar-refractivity contribution in [3.63, 3.8) is 0 Å². The summed E-state index contributed by atoms with van der Waals surface area (Å²) in [6.45, 7) is 2.21. The van der Waals surface area contributed by atoms with Crippen LogP contribution in [0.25, 0.3) is 0 Å². The van der Waals surface area contributed by atoms with Gasteiger partial charge in [0.25, 0.3) is 5.91 Å². The van der Waals surface area contributed by atoms with Crippen molar-refractivity contribution < 1.29 is 9.59 Å². The molecule has 0 bridgehead atoms. The van der Waals surface area contributed by atoms with Crippen molar-refractivity contribution in [1.29, 1.82) is 5.26 Å². The Balaban J connectivity index is 1.74. The first-order valence-electron chi connectivity index (χ1n) is 7.77. The van der Waals surface area contributed by atoms with E-state index in [4.69, 9.17) is 5.26 Å². The molecule has 0 saturated heterocycles. The number of rotatable bonds is 3. The van der Waals surface area contributed by atoms with Gasteiger partial charge in [-0.2, -0.15) is 5.26 Å². The molecule has 24 heavy (non-hydrogen) atoms. The van der Waals surface area contributed by atoms with Crippen LogP contribution in [-0.4, -0.2) is 18.4 Å². The third-order valence-electron chi connectivity index (χ3n) is 4.11. The van der Waals surface area contributed by atoms with Gasteiger partial charge in [0, 0.05) is 30.4 Å². The summed E-state index contributed by atoms with van der Waals surface area (Å²) < 4.78 is 0. The van der Waals surface area contributed by atoms with Crippen molar-refractivity contribution in [3.05, 3.63) is 59.2 Å². The van der Waals surface area contributed by atoms with Crippen LogP contribution >= 0.6 is 0 Å². The maximum Gasteiger partial charge on any atom is 0.255 e. The predicted molar refractivity (Wildman–Crippen MR) is 91.9 cm³/mol. The molecule has 120 valence electrons. The highest BCUT2D eigenvalue weighted by Crippen LogP contribution is 2.29. The lowest BCUT2D eigenvalue weighted by Gasteiger charge is -2.14. The standard InChI is InChI=1S/C19H17N3O2/c1-13(23)22-11-9-15-12-16(4-7-18(15)22)19(24)21-17-5-2-14(3-6-17)8-10-20/h2-7,12H,8-9,11H2,1H3,(H,21,24). The van der Waals surface area contributed by atoms with Crippen molar-refractivity contribution >= 4 is 23.2 Å². The lowest BCUT2D eigenvalue weighted by molar-refractivity contribution is -0.116. The number of carbonyl (C=O) groups excluding carboxylic acids is 2. The van der Waals surface area contributed by atoms with E-state index in [1.54, 1.807) is 30.0 Å². The summed E-state index contributed by atoms with van der Waals surface area (Å²) in [5.74, 6) is -0.171. The van der Waals surface area contributed by atoms with Gasteiger partial charge in [0.15, 0.2) is 0 Å². The zero-order valence-corrected chi connectivity index (χ0v) is 13.4. The average Bonchev–Trinajstić information content (AvgIpc) is 3.00. The largest absolute Gasteiger partial charge is 0.322 e. The van der Waals surface area contributed by atoms with Gasteiger partial charge in [-0.1, -0.05) is 12.1 Å². The highest BCUT2D eigenvalue weighted by Gasteiger charge is 2.23. The fraction of sp³-hybridized carbons (Fsp3) is 0.211. The lowest BCUT2D eigenvalue weighted by atomic mass is 10.1. The zero-order valence-electron chi connectivity index (χ0n) is 13.4. The molecule has 1 aliphatic rings. The second-order valence-corrected chi connectivity index (χ2v) is 5.75. The number of nitrogens with zero attached hydrogens (tertiary/aromatic N) is 2. The summed E-state index contributed by atoms with van der Waals surface area (Å²) in [7, 11) is 0. The zero-order chi connectivity index (χ0) is 17.1. The normalized spacial score (nSPS) is 12.4. The van der Waals surface area contributed by atoms with Gasteiger partial charge in [-0.15, -0.1) is 0 Å². The maximum absolute atomic E-state index is 12.4. The Morgan fingerprint density at radius 3 is 2.62 bits per heavy atom. The van der Waals surface area contributed by atoms with Crippen LogP contribution < -0.4 is 10.2 Å². The fourth-order valence-corrected chi connectivity index (χ4v) is 2.87. The average molecular weight is 319 g/mol. The van der Waals surface area contributed by atoms with E-state index in [0.29, 0.717) is 24.2 Å². The van der Waals surface area contributed by atoms with Crippen LogP contribution in [-0.2, 0) is 17.6 Å². The monoisotopic (exact) mass is 319 g/mol. The van der Waals surface area contributed by atoms with Crippen LogP contribution in [0.4, 0.5) is 11.4 Å². The van der Waals surface area contributed by atoms with Gasteiger partial charge in [-0.3, -0.25) is 9.59 Å². The molecular weight excluding hydrogens is 302 g/mol. The Bertz CT molecular complexity index is 835. The SMILES string of the molecule is CC(=O)N1CCc2cc(C(=O)Nc3ccc(CC#N)cc3)ccc21. The molecule has 0 radical (unpaired) electrons. The molecule has 5 nitrogen and oxygen atoms in total. The predicted octanol–water partition coefficient (Wildman–Crippen LogP) is 2.91. The van der Waals surface area contributed by atoms with E-state index in [1.807, 2.05) is 24.3 Å². The first-order chi connectivity index (χ1) is 11.6. The Hall–Kier alpha value is -3.13. The first kappa shape index (κ1) is 15.8. The Kier molecular flexibility index (Phi) is 4.30. The van der Waals surface area contributed by atoms with Crippen molar-refractivity contribution in [2.45, 2.75) is 19.8 Å². The third kappa shape index (κ3) is 3.13. The van der Waals surface area contributed by atoms with Crippen molar-refractivity contribution in [1.82, 2.24) is 0 Å². The minimum atomic E-state index is -0.188. The number of anilines is 2. The fourth-order valence-electron chi connectivity index (χ4n) is 2.87. The van der Waals surface area contributed by atoms with E-state index in [-0.39, 0.29) is 11.8 Å². The van der Waals surface area contributed by atoms with Gasteiger partial charge in [0.1, 0.15) is 0 Å². The summed E-state index contributed by atoms with van der Waals surface area (Å²) in [6, 6.07) is 14.7. The molecule has 3 rings (SSSR count). The molecule has 5 heteroatoms. The number of carbonyl (C=O) groups is 2. The smallest absolute Gasteiger partial charge is 0.255 e. The number of hydrogen-bond donors (Lipinski definition) is 1. The molecule has 2 aromatic carbocycles. The molecule has 0 spiro atoms. The molecule has 0 atom stereocenters. The van der Waals surface area contributed by atoms with Gasteiger partial charge in [-0.05, 0) is 47.9 Å². The first-order valence-corrected chi connectivity index (χ1v) is 7.77. The second-order valence-electron chi connectivity index (χ2n) is 5.75. The number of fused-ring (bicyclic) bond motifs is 1. The molecule has 1 aliphatic heterocycles. The van der Waals surface area contributed by atoms with Gasteiger partial charge in [-0.25, -0.2) is 0 Å². The van der Waals surface area contributed by atoms with Crippen LogP contribution in [0.1, 0.15) is 28.4 Å². The summed E-state index contributed by atoms with van der Waals surface area (Å²) in [4.78, 5) is 25.7. The minimum Gasteiger partial charge on any atom is -0.322 e. The summed E-state index contributed by atoms with van der Waals surface area (Å²) in [5, 5.41) is 11.5. The van der Waals surface area contributed by atoms with Crippen LogP contribution in [0.5, 0.6) is 0 Å². The van der Waals surface area contributed by atoms with Gasteiger partial charge >= 0.3 is 0 Å². The Labute approximate surface area is 140 Å². The minimum absolute atomic E-state index is 0.0170. The lowest BCUT2D eigenvalue weighted by Crippen LogP contribution is -2.25. The highest BCUT2D eigenvalue weighted by atomic mass is 16.2. The quantitative estimate of drug-likeness (QED) is 0.945. The van der Waals surface area contributed by atoms with E-state index >= 15 is 0 Å². The van der Waals surface area contributed by atoms with Crippen molar-refractivity contribution in [2.75, 3.05) is 16.8 Å². The topological polar surface area (TPSA) is 73.2 Å². The number of amides is 2. The molecular formula is C19H17N3O2. The Morgan fingerprint density at radius 2 is 1.96 bits per heavy atom. The summed E-state index contributed by atoms with van der Waals surface area (Å²) in [5.41, 5.74) is 4.08. The van der Waals surface area contributed by atoms with Crippen LogP contribution in [0.15, 0.2) is 42.5 Å². The van der Waals surface area contributed by atoms with Crippen LogP contribution in [0.3, 0.4) is 0 Å². The molecule has 1 heterocycles. The van der Waals surface area contributed by atoms with Crippen LogP contribution in [0, 0.1) is 11.3 Å². The Morgan fingerprint density at radius 1 is 1.21 bits per heavy atom. The van der Waals surface area contributed by atoms with E-state index in [2.05, 4.69) is 11.4 Å². The molecule has 0 aliphatic carbocycles. The molecule has 2 aromatic rings. The summed E-state index contributed by atoms with van der Waals surface area (Å²) in [6.07, 6.45) is 1.12. The highest BCUT2D eigenvalue weighted by molar-refractivity contribution is 6.05. The van der Waals surface area contributed by atoms with Gasteiger partial charge in [0.2, 0.25) is 5.91 Å². The molecule has 1 N–H and O–H groups in total. The number of nitrogens with one attached hydrogen (secondary N) is 1. The molecule has 2 amide bonds.